The average molecular weight is 281 g/mol. The number of rotatable bonds is 3. The van der Waals surface area contributed by atoms with Crippen LogP contribution in [0.1, 0.15) is 12.5 Å². The Kier molecular flexibility index (Phi) is 3.83. The van der Waals surface area contributed by atoms with Crippen LogP contribution in [-0.4, -0.2) is 11.5 Å². The van der Waals surface area contributed by atoms with E-state index in [9.17, 15) is 13.2 Å². The lowest BCUT2D eigenvalue weighted by molar-refractivity contribution is -0.137. The van der Waals surface area contributed by atoms with Gasteiger partial charge in [0.25, 0.3) is 0 Å². The molecule has 0 unspecified atom stereocenters. The molecule has 3 nitrogen and oxygen atoms in total. The number of hydrogen-bond acceptors (Lipinski definition) is 3. The van der Waals surface area contributed by atoms with E-state index in [2.05, 4.69) is 10.3 Å². The van der Waals surface area contributed by atoms with E-state index in [-0.39, 0.29) is 5.82 Å². The predicted molar refractivity (Wildman–Crippen MR) is 73.3 cm³/mol. The molecule has 0 fully saturated rings. The Balaban J connectivity index is 2.46. The smallest absolute Gasteiger partial charge is 0.384 e. The number of aromatic nitrogens is 1. The molecule has 0 radical (unpaired) electrons. The molecule has 0 atom stereocenters. The summed E-state index contributed by atoms with van der Waals surface area (Å²) < 4.78 is 38.1. The van der Waals surface area contributed by atoms with Gasteiger partial charge >= 0.3 is 6.18 Å². The van der Waals surface area contributed by atoms with Crippen LogP contribution in [0.2, 0.25) is 0 Å². The summed E-state index contributed by atoms with van der Waals surface area (Å²) in [7, 11) is 0. The number of halogens is 3. The Morgan fingerprint density at radius 1 is 1.15 bits per heavy atom. The summed E-state index contributed by atoms with van der Waals surface area (Å²) in [5.74, 6) is 0.802. The van der Waals surface area contributed by atoms with Crippen molar-refractivity contribution in [2.24, 2.45) is 0 Å². The monoisotopic (exact) mass is 281 g/mol. The molecule has 0 saturated carbocycles. The molecule has 1 aromatic carbocycles. The topological polar surface area (TPSA) is 50.9 Å². The highest BCUT2D eigenvalue weighted by molar-refractivity contribution is 5.70. The molecular weight excluding hydrogens is 267 g/mol. The highest BCUT2D eigenvalue weighted by atomic mass is 19.4. The van der Waals surface area contributed by atoms with Crippen molar-refractivity contribution in [2.45, 2.75) is 13.1 Å². The molecule has 6 heteroatoms. The van der Waals surface area contributed by atoms with Crippen LogP contribution in [0, 0.1) is 0 Å². The number of benzene rings is 1. The number of nitrogens with zero attached hydrogens (tertiary/aromatic N) is 1. The van der Waals surface area contributed by atoms with Gasteiger partial charge in [0, 0.05) is 6.54 Å². The van der Waals surface area contributed by atoms with Crippen molar-refractivity contribution in [3.63, 3.8) is 0 Å². The molecular formula is C14H14F3N3. The lowest BCUT2D eigenvalue weighted by Crippen LogP contribution is -2.05. The highest BCUT2D eigenvalue weighted by Crippen LogP contribution is 2.32. The third-order valence-corrected chi connectivity index (χ3v) is 2.73. The quantitative estimate of drug-likeness (QED) is 0.900. The Hall–Kier alpha value is -2.24. The molecule has 106 valence electrons. The number of hydrogen-bond donors (Lipinski definition) is 2. The zero-order valence-corrected chi connectivity index (χ0v) is 10.8. The number of anilines is 2. The zero-order valence-electron chi connectivity index (χ0n) is 10.8. The van der Waals surface area contributed by atoms with E-state index in [1.165, 1.54) is 6.07 Å². The minimum absolute atomic E-state index is 0.260. The maximum Gasteiger partial charge on any atom is 0.416 e. The maximum atomic E-state index is 12.7. The van der Waals surface area contributed by atoms with E-state index in [4.69, 9.17) is 5.73 Å². The normalized spacial score (nSPS) is 11.4. The van der Waals surface area contributed by atoms with Crippen LogP contribution in [0.15, 0.2) is 36.4 Å². The van der Waals surface area contributed by atoms with Gasteiger partial charge < -0.3 is 11.1 Å². The van der Waals surface area contributed by atoms with Crippen molar-refractivity contribution < 1.29 is 13.2 Å². The molecule has 3 N–H and O–H groups in total. The number of pyridine rings is 1. The molecule has 0 saturated heterocycles. The Morgan fingerprint density at radius 3 is 2.55 bits per heavy atom. The molecule has 2 aromatic rings. The van der Waals surface area contributed by atoms with Crippen LogP contribution in [-0.2, 0) is 6.18 Å². The van der Waals surface area contributed by atoms with Gasteiger partial charge in [-0.2, -0.15) is 13.2 Å². The summed E-state index contributed by atoms with van der Waals surface area (Å²) in [6.07, 6.45) is -4.36. The van der Waals surface area contributed by atoms with E-state index in [0.717, 1.165) is 12.1 Å². The van der Waals surface area contributed by atoms with Crippen LogP contribution >= 0.6 is 0 Å². The Bertz CT molecular complexity index is 609. The maximum absolute atomic E-state index is 12.7. The van der Waals surface area contributed by atoms with E-state index < -0.39 is 11.7 Å². The SMILES string of the molecule is CCNc1cc(-c2cccc(C(F)(F)F)c2)cc(N)n1. The lowest BCUT2D eigenvalue weighted by Gasteiger charge is -2.11. The minimum Gasteiger partial charge on any atom is -0.384 e. The summed E-state index contributed by atoms with van der Waals surface area (Å²) in [6, 6.07) is 8.36. The fourth-order valence-electron chi connectivity index (χ4n) is 1.87. The second-order valence-corrected chi connectivity index (χ2v) is 4.27. The molecule has 2 rings (SSSR count). The zero-order chi connectivity index (χ0) is 14.8. The molecule has 0 aliphatic carbocycles. The van der Waals surface area contributed by atoms with Crippen LogP contribution in [0.25, 0.3) is 11.1 Å². The van der Waals surface area contributed by atoms with Crippen molar-refractivity contribution in [3.8, 4) is 11.1 Å². The summed E-state index contributed by atoms with van der Waals surface area (Å²) in [5, 5.41) is 2.99. The Labute approximate surface area is 114 Å². The molecule has 0 bridgehead atoms. The van der Waals surface area contributed by atoms with Gasteiger partial charge in [-0.1, -0.05) is 12.1 Å². The van der Waals surface area contributed by atoms with Crippen molar-refractivity contribution in [1.82, 2.24) is 4.98 Å². The average Bonchev–Trinajstić information content (AvgIpc) is 2.37. The van der Waals surface area contributed by atoms with Crippen LogP contribution in [0.3, 0.4) is 0 Å². The van der Waals surface area contributed by atoms with Gasteiger partial charge in [-0.25, -0.2) is 4.98 Å². The molecule has 1 heterocycles. The molecule has 1 aromatic heterocycles. The van der Waals surface area contributed by atoms with Gasteiger partial charge in [0.15, 0.2) is 0 Å². The first kappa shape index (κ1) is 14.2. The molecule has 0 spiro atoms. The van der Waals surface area contributed by atoms with Gasteiger partial charge in [0.2, 0.25) is 0 Å². The van der Waals surface area contributed by atoms with Gasteiger partial charge in [0.05, 0.1) is 5.56 Å². The molecule has 20 heavy (non-hydrogen) atoms. The van der Waals surface area contributed by atoms with Gasteiger partial charge in [-0.05, 0) is 42.3 Å². The van der Waals surface area contributed by atoms with E-state index in [1.54, 1.807) is 18.2 Å². The first-order chi connectivity index (χ1) is 9.40. The summed E-state index contributed by atoms with van der Waals surface area (Å²) in [4.78, 5) is 4.06. The third kappa shape index (κ3) is 3.20. The predicted octanol–water partition coefficient (Wildman–Crippen LogP) is 3.78. The van der Waals surface area contributed by atoms with E-state index in [1.807, 2.05) is 6.92 Å². The largest absolute Gasteiger partial charge is 0.416 e. The third-order valence-electron chi connectivity index (χ3n) is 2.73. The second-order valence-electron chi connectivity index (χ2n) is 4.27. The van der Waals surface area contributed by atoms with Crippen molar-refractivity contribution in [1.29, 1.82) is 0 Å². The first-order valence-electron chi connectivity index (χ1n) is 6.09. The van der Waals surface area contributed by atoms with Crippen molar-refractivity contribution in [2.75, 3.05) is 17.6 Å². The van der Waals surface area contributed by atoms with Gasteiger partial charge in [-0.3, -0.25) is 0 Å². The van der Waals surface area contributed by atoms with Crippen molar-refractivity contribution in [3.05, 3.63) is 42.0 Å². The standard InChI is InChI=1S/C14H14F3N3/c1-2-19-13-8-10(7-12(18)20-13)9-4-3-5-11(6-9)14(15,16)17/h3-8H,2H2,1H3,(H3,18,19,20). The first-order valence-corrected chi connectivity index (χ1v) is 6.09. The number of nitrogens with one attached hydrogen (secondary N) is 1. The van der Waals surface area contributed by atoms with Gasteiger partial charge in [0.1, 0.15) is 11.6 Å². The molecule has 0 aliphatic heterocycles. The van der Waals surface area contributed by atoms with E-state index >= 15 is 0 Å². The number of alkyl halides is 3. The number of nitrogen functional groups attached to an aromatic ring is 1. The van der Waals surface area contributed by atoms with Crippen LogP contribution in [0.4, 0.5) is 24.8 Å². The Morgan fingerprint density at radius 2 is 1.90 bits per heavy atom. The van der Waals surface area contributed by atoms with E-state index in [0.29, 0.717) is 23.5 Å². The lowest BCUT2D eigenvalue weighted by atomic mass is 10.0. The molecule has 0 aliphatic rings. The van der Waals surface area contributed by atoms with Crippen LogP contribution < -0.4 is 11.1 Å². The molecule has 0 amide bonds. The summed E-state index contributed by atoms with van der Waals surface area (Å²) >= 11 is 0. The fraction of sp³-hybridized carbons (Fsp3) is 0.214. The van der Waals surface area contributed by atoms with Crippen molar-refractivity contribution >= 4 is 11.6 Å². The second kappa shape index (κ2) is 5.40. The fourth-order valence-corrected chi connectivity index (χ4v) is 1.87. The van der Waals surface area contributed by atoms with Crippen LogP contribution in [0.5, 0.6) is 0 Å². The van der Waals surface area contributed by atoms with Gasteiger partial charge in [-0.15, -0.1) is 0 Å². The minimum atomic E-state index is -4.36. The highest BCUT2D eigenvalue weighted by Gasteiger charge is 2.30. The summed E-state index contributed by atoms with van der Waals surface area (Å²) in [6.45, 7) is 2.55. The summed E-state index contributed by atoms with van der Waals surface area (Å²) in [5.41, 5.74) is 6.04. The number of nitrogens with two attached hydrogens (primary N) is 1.